The minimum atomic E-state index is -9.78. The molecule has 0 bridgehead atoms. The summed E-state index contributed by atoms with van der Waals surface area (Å²) < 4.78 is 64.2. The zero-order valence-electron chi connectivity index (χ0n) is 15.9. The number of rotatable bonds is 2. The molecule has 1 aromatic carbocycles. The fraction of sp³-hybridized carbons (Fsp3) is 0.263. The molecule has 31 heavy (non-hydrogen) atoms. The molecular formula is C19H17F5N4O2S. The first-order valence-electron chi connectivity index (χ1n) is 9.26. The fourth-order valence-corrected chi connectivity index (χ4v) is 4.09. The monoisotopic (exact) mass is 460 g/mol. The molecule has 0 aromatic heterocycles. The van der Waals surface area contributed by atoms with Gasteiger partial charge in [-0.05, 0) is 30.3 Å². The summed E-state index contributed by atoms with van der Waals surface area (Å²) in [5.41, 5.74) is 0.464. The third kappa shape index (κ3) is 4.38. The van der Waals surface area contributed by atoms with Crippen LogP contribution in [-0.2, 0) is 4.79 Å². The third-order valence-electron chi connectivity index (χ3n) is 5.10. The number of fused-ring (bicyclic) bond motifs is 1. The first-order chi connectivity index (χ1) is 14.3. The van der Waals surface area contributed by atoms with Gasteiger partial charge in [0.1, 0.15) is 10.8 Å². The quantitative estimate of drug-likeness (QED) is 0.622. The largest absolute Gasteiger partial charge is 0.337 e. The van der Waals surface area contributed by atoms with E-state index < -0.39 is 26.9 Å². The van der Waals surface area contributed by atoms with E-state index in [1.807, 2.05) is 0 Å². The second kappa shape index (κ2) is 6.49. The van der Waals surface area contributed by atoms with Crippen molar-refractivity contribution in [2.24, 2.45) is 15.9 Å². The summed E-state index contributed by atoms with van der Waals surface area (Å²) in [5, 5.41) is 0. The van der Waals surface area contributed by atoms with Crippen molar-refractivity contribution in [2.75, 3.05) is 26.2 Å². The van der Waals surface area contributed by atoms with Crippen molar-refractivity contribution in [3.8, 4) is 0 Å². The van der Waals surface area contributed by atoms with Crippen LogP contribution in [0.1, 0.15) is 10.4 Å². The van der Waals surface area contributed by atoms with Gasteiger partial charge in [-0.2, -0.15) is 4.99 Å². The van der Waals surface area contributed by atoms with E-state index in [2.05, 4.69) is 9.98 Å². The highest BCUT2D eigenvalue weighted by Crippen LogP contribution is 3.02. The Balaban J connectivity index is 1.42. The van der Waals surface area contributed by atoms with Crippen LogP contribution < -0.4 is 0 Å². The molecule has 166 valence electrons. The zero-order chi connectivity index (χ0) is 22.5. The molecule has 0 radical (unpaired) electrons. The molecule has 2 heterocycles. The van der Waals surface area contributed by atoms with Gasteiger partial charge in [0.05, 0.1) is 5.71 Å². The molecule has 2 amide bonds. The molecule has 0 saturated carbocycles. The number of hydrogen-bond donors (Lipinski definition) is 0. The standard InChI is InChI=1S/C19H17F5N4O2S/c20-31(21,22,23,24)14-7-5-13(6-8-14)18(30)27-9-11-28(12-10-27)19-25-16-4-2-1-3-15(16)17(29)26-19/h1-8,15H,9-12H2. The highest BCUT2D eigenvalue weighted by Gasteiger charge is 2.65. The van der Waals surface area contributed by atoms with Gasteiger partial charge >= 0.3 is 10.2 Å². The van der Waals surface area contributed by atoms with Crippen molar-refractivity contribution < 1.29 is 29.0 Å². The van der Waals surface area contributed by atoms with E-state index in [0.717, 1.165) is 12.1 Å². The molecule has 0 spiro atoms. The van der Waals surface area contributed by atoms with E-state index >= 15 is 0 Å². The Bertz CT molecular complexity index is 1070. The van der Waals surface area contributed by atoms with Crippen molar-refractivity contribution in [1.29, 1.82) is 0 Å². The van der Waals surface area contributed by atoms with E-state index in [0.29, 0.717) is 18.8 Å². The van der Waals surface area contributed by atoms with Crippen molar-refractivity contribution in [3.63, 3.8) is 0 Å². The lowest BCUT2D eigenvalue weighted by Gasteiger charge is -2.40. The van der Waals surface area contributed by atoms with E-state index in [1.165, 1.54) is 4.90 Å². The minimum Gasteiger partial charge on any atom is -0.337 e. The predicted octanol–water partition coefficient (Wildman–Crippen LogP) is 4.18. The summed E-state index contributed by atoms with van der Waals surface area (Å²) in [7, 11) is -9.78. The van der Waals surface area contributed by atoms with Crippen LogP contribution in [0.2, 0.25) is 0 Å². The zero-order valence-corrected chi connectivity index (χ0v) is 16.7. The van der Waals surface area contributed by atoms with Crippen LogP contribution >= 0.6 is 10.2 Å². The number of piperazine rings is 1. The summed E-state index contributed by atoms with van der Waals surface area (Å²) in [6.45, 7) is 1.03. The van der Waals surface area contributed by atoms with Gasteiger partial charge < -0.3 is 9.80 Å². The minimum absolute atomic E-state index is 0.119. The molecule has 2 aliphatic heterocycles. The lowest BCUT2D eigenvalue weighted by Crippen LogP contribution is -2.51. The number of allylic oxidation sites excluding steroid dienone is 3. The second-order valence-corrected chi connectivity index (χ2v) is 9.69. The highest BCUT2D eigenvalue weighted by molar-refractivity contribution is 8.45. The Labute approximate surface area is 174 Å². The number of carbonyl (C=O) groups excluding carboxylic acids is 2. The molecular weight excluding hydrogens is 443 g/mol. The van der Waals surface area contributed by atoms with Gasteiger partial charge in [-0.1, -0.05) is 37.7 Å². The van der Waals surface area contributed by atoms with Gasteiger partial charge in [0.25, 0.3) is 11.8 Å². The maximum atomic E-state index is 12.8. The lowest BCUT2D eigenvalue weighted by molar-refractivity contribution is -0.118. The average Bonchev–Trinajstić information content (AvgIpc) is 2.72. The molecule has 1 aromatic rings. The van der Waals surface area contributed by atoms with E-state index in [-0.39, 0.29) is 42.7 Å². The molecule has 1 aliphatic carbocycles. The van der Waals surface area contributed by atoms with Crippen molar-refractivity contribution in [2.45, 2.75) is 4.90 Å². The Hall–Kier alpha value is -3.02. The van der Waals surface area contributed by atoms with Gasteiger partial charge in [-0.15, -0.1) is 0 Å². The van der Waals surface area contributed by atoms with Gasteiger partial charge in [0, 0.05) is 31.7 Å². The summed E-state index contributed by atoms with van der Waals surface area (Å²) in [4.78, 5) is 34.3. The molecule has 12 heteroatoms. The maximum absolute atomic E-state index is 12.8. The molecule has 1 fully saturated rings. The molecule has 1 atom stereocenters. The van der Waals surface area contributed by atoms with Crippen molar-refractivity contribution in [3.05, 3.63) is 54.1 Å². The topological polar surface area (TPSA) is 65.3 Å². The molecule has 4 rings (SSSR count). The molecule has 0 N–H and O–H groups in total. The first kappa shape index (κ1) is 21.2. The first-order valence-corrected chi connectivity index (χ1v) is 11.2. The van der Waals surface area contributed by atoms with Gasteiger partial charge in [-0.25, -0.2) is 4.99 Å². The van der Waals surface area contributed by atoms with Gasteiger partial charge in [0.2, 0.25) is 5.96 Å². The average molecular weight is 460 g/mol. The predicted molar refractivity (Wildman–Crippen MR) is 107 cm³/mol. The molecule has 6 nitrogen and oxygen atoms in total. The van der Waals surface area contributed by atoms with Crippen molar-refractivity contribution in [1.82, 2.24) is 9.80 Å². The molecule has 1 saturated heterocycles. The van der Waals surface area contributed by atoms with E-state index in [4.69, 9.17) is 0 Å². The van der Waals surface area contributed by atoms with Crippen molar-refractivity contribution >= 4 is 33.7 Å². The number of nitrogens with zero attached hydrogens (tertiary/aromatic N) is 4. The van der Waals surface area contributed by atoms with Crippen LogP contribution in [0, 0.1) is 5.92 Å². The summed E-state index contributed by atoms with van der Waals surface area (Å²) in [6, 6.07) is 1.96. The van der Waals surface area contributed by atoms with Crippen LogP contribution in [0.3, 0.4) is 0 Å². The normalized spacial score (nSPS) is 23.5. The van der Waals surface area contributed by atoms with Crippen LogP contribution in [0.15, 0.2) is 63.4 Å². The smallest absolute Gasteiger partial charge is 0.310 e. The van der Waals surface area contributed by atoms with E-state index in [1.54, 1.807) is 29.2 Å². The van der Waals surface area contributed by atoms with Crippen LogP contribution in [0.4, 0.5) is 19.4 Å². The summed E-state index contributed by atoms with van der Waals surface area (Å²) in [6.07, 6.45) is 6.95. The Morgan fingerprint density at radius 3 is 2.19 bits per heavy atom. The Morgan fingerprint density at radius 1 is 0.935 bits per heavy atom. The SMILES string of the molecule is O=C1N=C(N2CCN(C(=O)c3ccc(S(F)(F)(F)(F)F)cc3)CC2)N=C2C=CC=CC12. The number of guanidine groups is 1. The van der Waals surface area contributed by atoms with Crippen LogP contribution in [-0.4, -0.2) is 59.5 Å². The van der Waals surface area contributed by atoms with Crippen LogP contribution in [0.5, 0.6) is 0 Å². The number of carbonyl (C=O) groups is 2. The second-order valence-electron chi connectivity index (χ2n) is 7.28. The summed E-state index contributed by atoms with van der Waals surface area (Å²) >= 11 is 0. The number of aliphatic imine (C=N–C) groups is 2. The van der Waals surface area contributed by atoms with E-state index in [9.17, 15) is 29.0 Å². The Morgan fingerprint density at radius 2 is 1.58 bits per heavy atom. The lowest BCUT2D eigenvalue weighted by atomic mass is 9.97. The number of amides is 2. The summed E-state index contributed by atoms with van der Waals surface area (Å²) in [5.74, 6) is -1.14. The highest BCUT2D eigenvalue weighted by atomic mass is 32.5. The van der Waals surface area contributed by atoms with Gasteiger partial charge in [0.15, 0.2) is 0 Å². The number of benzene rings is 1. The fourth-order valence-electron chi connectivity index (χ4n) is 3.44. The molecule has 1 unspecified atom stereocenters. The van der Waals surface area contributed by atoms with Gasteiger partial charge in [-0.3, -0.25) is 9.59 Å². The van der Waals surface area contributed by atoms with Crippen LogP contribution in [0.25, 0.3) is 0 Å². The third-order valence-corrected chi connectivity index (χ3v) is 6.27. The number of hydrogen-bond acceptors (Lipinski definition) is 4. The maximum Gasteiger partial charge on any atom is 0.310 e. The number of halogens is 5. The molecule has 3 aliphatic rings. The Kier molecular flexibility index (Phi) is 4.44.